The van der Waals surface area contributed by atoms with Crippen LogP contribution in [0, 0.1) is 6.92 Å². The maximum atomic E-state index is 12.8. The fourth-order valence-corrected chi connectivity index (χ4v) is 3.86. The van der Waals surface area contributed by atoms with Gasteiger partial charge in [0.25, 0.3) is 0 Å². The van der Waals surface area contributed by atoms with Gasteiger partial charge < -0.3 is 18.3 Å². The van der Waals surface area contributed by atoms with E-state index in [0.29, 0.717) is 33.2 Å². The number of esters is 1. The van der Waals surface area contributed by atoms with Crippen LogP contribution in [0.1, 0.15) is 15.9 Å². The molecule has 0 aliphatic rings. The highest BCUT2D eigenvalue weighted by Crippen LogP contribution is 2.32. The van der Waals surface area contributed by atoms with Crippen molar-refractivity contribution >= 4 is 27.9 Å². The van der Waals surface area contributed by atoms with Crippen molar-refractivity contribution in [2.45, 2.75) is 6.92 Å². The predicted molar refractivity (Wildman–Crippen MR) is 127 cm³/mol. The number of fused-ring (bicyclic) bond motifs is 2. The number of carbonyl (C=O) groups excluding carboxylic acids is 1. The van der Waals surface area contributed by atoms with Gasteiger partial charge in [-0.15, -0.1) is 0 Å². The minimum Gasteiger partial charge on any atom is -0.493 e. The van der Waals surface area contributed by atoms with Gasteiger partial charge in [-0.1, -0.05) is 30.3 Å². The van der Waals surface area contributed by atoms with E-state index in [1.807, 2.05) is 19.1 Å². The lowest BCUT2D eigenvalue weighted by Gasteiger charge is -2.09. The second-order valence-electron chi connectivity index (χ2n) is 7.67. The molecule has 0 radical (unpaired) electrons. The van der Waals surface area contributed by atoms with E-state index < -0.39 is 17.2 Å². The van der Waals surface area contributed by atoms with Gasteiger partial charge in [0.15, 0.2) is 11.3 Å². The second kappa shape index (κ2) is 8.37. The summed E-state index contributed by atoms with van der Waals surface area (Å²) in [7, 11) is 1.49. The molecule has 0 atom stereocenters. The van der Waals surface area contributed by atoms with Crippen LogP contribution in [0.2, 0.25) is 0 Å². The molecule has 7 nitrogen and oxygen atoms in total. The van der Waals surface area contributed by atoms with Crippen LogP contribution in [-0.2, 0) is 0 Å². The van der Waals surface area contributed by atoms with Crippen LogP contribution >= 0.6 is 0 Å². The van der Waals surface area contributed by atoms with E-state index >= 15 is 0 Å². The van der Waals surface area contributed by atoms with E-state index in [-0.39, 0.29) is 16.9 Å². The van der Waals surface area contributed by atoms with E-state index in [9.17, 15) is 14.4 Å². The van der Waals surface area contributed by atoms with Crippen LogP contribution < -0.4 is 20.7 Å². The standard InChI is InChI=1S/C27H18O7/c1-15-6-3-4-8-18(15)26(29)32-17-10-11-19-20(14-24(28)33-23(19)13-17)21-12-16-7-5-9-22(31-2)25(16)34-27(21)30/h3-14H,1-2H3. The average molecular weight is 454 g/mol. The van der Waals surface area contributed by atoms with Crippen molar-refractivity contribution in [3.63, 3.8) is 0 Å². The maximum Gasteiger partial charge on any atom is 0.344 e. The second-order valence-corrected chi connectivity index (χ2v) is 7.67. The lowest BCUT2D eigenvalue weighted by molar-refractivity contribution is 0.0734. The highest BCUT2D eigenvalue weighted by atomic mass is 16.5. The Labute approximate surface area is 192 Å². The van der Waals surface area contributed by atoms with Crippen molar-refractivity contribution in [3.8, 4) is 22.6 Å². The van der Waals surface area contributed by atoms with E-state index in [0.717, 1.165) is 5.56 Å². The molecule has 5 aromatic rings. The lowest BCUT2D eigenvalue weighted by Crippen LogP contribution is -2.10. The minimum absolute atomic E-state index is 0.169. The number of hydrogen-bond donors (Lipinski definition) is 0. The molecule has 2 heterocycles. The zero-order valence-electron chi connectivity index (χ0n) is 18.3. The Morgan fingerprint density at radius 3 is 2.47 bits per heavy atom. The molecule has 5 rings (SSSR count). The summed E-state index contributed by atoms with van der Waals surface area (Å²) in [5, 5.41) is 1.13. The molecule has 7 heteroatoms. The third kappa shape index (κ3) is 3.73. The van der Waals surface area contributed by atoms with Crippen molar-refractivity contribution in [3.05, 3.63) is 105 Å². The number of rotatable bonds is 4. The Morgan fingerprint density at radius 2 is 1.68 bits per heavy atom. The highest BCUT2D eigenvalue weighted by Gasteiger charge is 2.17. The zero-order valence-corrected chi connectivity index (χ0v) is 18.3. The molecule has 3 aromatic carbocycles. The Morgan fingerprint density at radius 1 is 0.853 bits per heavy atom. The normalized spacial score (nSPS) is 11.0. The first kappa shape index (κ1) is 21.2. The number of carbonyl (C=O) groups is 1. The summed E-state index contributed by atoms with van der Waals surface area (Å²) in [6, 6.07) is 19.8. The number of methoxy groups -OCH3 is 1. The van der Waals surface area contributed by atoms with E-state index in [1.54, 1.807) is 48.5 Å². The summed E-state index contributed by atoms with van der Waals surface area (Å²) >= 11 is 0. The Bertz CT molecular complexity index is 1690. The summed E-state index contributed by atoms with van der Waals surface area (Å²) in [5.74, 6) is 0.107. The predicted octanol–water partition coefficient (Wildman–Crippen LogP) is 5.10. The number of hydrogen-bond acceptors (Lipinski definition) is 7. The van der Waals surface area contributed by atoms with Crippen LogP contribution in [0.4, 0.5) is 0 Å². The van der Waals surface area contributed by atoms with Gasteiger partial charge in [-0.3, -0.25) is 0 Å². The van der Waals surface area contributed by atoms with Crippen LogP contribution in [0.25, 0.3) is 33.1 Å². The van der Waals surface area contributed by atoms with Gasteiger partial charge >= 0.3 is 17.2 Å². The van der Waals surface area contributed by atoms with Gasteiger partial charge in [-0.05, 0) is 42.8 Å². The van der Waals surface area contributed by atoms with Gasteiger partial charge in [0.2, 0.25) is 0 Å². The third-order valence-electron chi connectivity index (χ3n) is 5.53. The SMILES string of the molecule is COc1cccc2cc(-c3cc(=O)oc4cc(OC(=O)c5ccccc5C)ccc34)c(=O)oc12. The summed E-state index contributed by atoms with van der Waals surface area (Å²) < 4.78 is 21.6. The van der Waals surface area contributed by atoms with Gasteiger partial charge in [0, 0.05) is 28.5 Å². The largest absolute Gasteiger partial charge is 0.493 e. The Hall–Kier alpha value is -4.65. The van der Waals surface area contributed by atoms with Crippen molar-refractivity contribution in [1.29, 1.82) is 0 Å². The summed E-state index contributed by atoms with van der Waals surface area (Å²) in [6.45, 7) is 1.81. The summed E-state index contributed by atoms with van der Waals surface area (Å²) in [4.78, 5) is 37.7. The summed E-state index contributed by atoms with van der Waals surface area (Å²) in [5.41, 5.74) is 0.960. The van der Waals surface area contributed by atoms with E-state index in [1.165, 1.54) is 19.2 Å². The van der Waals surface area contributed by atoms with Gasteiger partial charge in [0.05, 0.1) is 18.2 Å². The van der Waals surface area contributed by atoms with Crippen LogP contribution in [-0.4, -0.2) is 13.1 Å². The van der Waals surface area contributed by atoms with Crippen molar-refractivity contribution in [2.24, 2.45) is 0 Å². The first-order chi connectivity index (χ1) is 16.4. The average Bonchev–Trinajstić information content (AvgIpc) is 2.82. The first-order valence-corrected chi connectivity index (χ1v) is 10.4. The number of para-hydroxylation sites is 1. The fraction of sp³-hybridized carbons (Fsp3) is 0.0741. The smallest absolute Gasteiger partial charge is 0.344 e. The molecule has 0 spiro atoms. The van der Waals surface area contributed by atoms with Crippen molar-refractivity contribution < 1.29 is 23.1 Å². The molecule has 0 saturated heterocycles. The van der Waals surface area contributed by atoms with Gasteiger partial charge in [-0.2, -0.15) is 0 Å². The molecular weight excluding hydrogens is 436 g/mol. The minimum atomic E-state index is -0.657. The molecule has 0 N–H and O–H groups in total. The Kier molecular flexibility index (Phi) is 5.22. The molecule has 2 aromatic heterocycles. The molecule has 168 valence electrons. The van der Waals surface area contributed by atoms with Crippen molar-refractivity contribution in [1.82, 2.24) is 0 Å². The highest BCUT2D eigenvalue weighted by molar-refractivity contribution is 5.97. The zero-order chi connectivity index (χ0) is 23.8. The monoisotopic (exact) mass is 454 g/mol. The van der Waals surface area contributed by atoms with Gasteiger partial charge in [-0.25, -0.2) is 14.4 Å². The fourth-order valence-electron chi connectivity index (χ4n) is 3.86. The van der Waals surface area contributed by atoms with Gasteiger partial charge in [0.1, 0.15) is 11.3 Å². The molecule has 0 unspecified atom stereocenters. The summed E-state index contributed by atoms with van der Waals surface area (Å²) in [6.07, 6.45) is 0. The molecule has 0 saturated carbocycles. The van der Waals surface area contributed by atoms with Crippen molar-refractivity contribution in [2.75, 3.05) is 7.11 Å². The van der Waals surface area contributed by atoms with E-state index in [2.05, 4.69) is 0 Å². The number of benzene rings is 3. The molecule has 0 aliphatic carbocycles. The molecule has 34 heavy (non-hydrogen) atoms. The first-order valence-electron chi connectivity index (χ1n) is 10.4. The molecular formula is C27H18O7. The van der Waals surface area contributed by atoms with E-state index in [4.69, 9.17) is 18.3 Å². The van der Waals surface area contributed by atoms with Crippen LogP contribution in [0.15, 0.2) is 91.2 Å². The molecule has 0 bridgehead atoms. The topological polar surface area (TPSA) is 96.0 Å². The molecule has 0 amide bonds. The number of ether oxygens (including phenoxy) is 2. The van der Waals surface area contributed by atoms with Crippen LogP contribution in [0.3, 0.4) is 0 Å². The molecule has 0 aliphatic heterocycles. The Balaban J connectivity index is 1.61. The van der Waals surface area contributed by atoms with Crippen LogP contribution in [0.5, 0.6) is 11.5 Å². The third-order valence-corrected chi connectivity index (χ3v) is 5.53. The maximum absolute atomic E-state index is 12.8. The quantitative estimate of drug-likeness (QED) is 0.212. The lowest BCUT2D eigenvalue weighted by atomic mass is 10.0. The number of aryl methyl sites for hydroxylation is 1. The molecule has 0 fully saturated rings.